The maximum atomic E-state index is 12.5. The molecule has 0 aromatic carbocycles. The maximum absolute atomic E-state index is 12.5. The molecular formula is C11H14N4O3S. The predicted molar refractivity (Wildman–Crippen MR) is 65.7 cm³/mol. The molecule has 1 atom stereocenters. The highest BCUT2D eigenvalue weighted by atomic mass is 32.2. The monoisotopic (exact) mass is 282 g/mol. The minimum Gasteiger partial charge on any atom is -0.359 e. The molecule has 2 aromatic heterocycles. The van der Waals surface area contributed by atoms with Crippen LogP contribution in [0.1, 0.15) is 30.3 Å². The van der Waals surface area contributed by atoms with Crippen molar-refractivity contribution in [2.75, 3.05) is 6.54 Å². The molecule has 3 heterocycles. The molecule has 1 fully saturated rings. The predicted octanol–water partition coefficient (Wildman–Crippen LogP) is 1.23. The molecule has 19 heavy (non-hydrogen) atoms. The number of aromatic nitrogens is 3. The van der Waals surface area contributed by atoms with Crippen molar-refractivity contribution < 1.29 is 12.9 Å². The first-order valence-corrected chi connectivity index (χ1v) is 7.47. The van der Waals surface area contributed by atoms with Crippen LogP contribution in [0.4, 0.5) is 0 Å². The fourth-order valence-corrected chi connectivity index (χ4v) is 3.93. The van der Waals surface area contributed by atoms with Crippen LogP contribution < -0.4 is 0 Å². The molecule has 1 aliphatic heterocycles. The number of aryl methyl sites for hydroxylation is 1. The molecule has 3 rings (SSSR count). The summed E-state index contributed by atoms with van der Waals surface area (Å²) in [5.41, 5.74) is 0.751. The molecule has 1 aliphatic rings. The lowest BCUT2D eigenvalue weighted by atomic mass is 10.2. The Balaban J connectivity index is 1.96. The number of H-pyrrole nitrogens is 1. The molecule has 0 bridgehead atoms. The zero-order valence-corrected chi connectivity index (χ0v) is 11.2. The summed E-state index contributed by atoms with van der Waals surface area (Å²) in [6.45, 7) is 2.29. The number of sulfonamides is 1. The maximum Gasteiger partial charge on any atom is 0.260 e. The first-order valence-electron chi connectivity index (χ1n) is 6.03. The van der Waals surface area contributed by atoms with Crippen LogP contribution in [-0.2, 0) is 10.0 Å². The molecular weight excluding hydrogens is 268 g/mol. The number of hydrogen-bond acceptors (Lipinski definition) is 5. The van der Waals surface area contributed by atoms with Gasteiger partial charge in [0.15, 0.2) is 10.8 Å². The summed E-state index contributed by atoms with van der Waals surface area (Å²) < 4.78 is 31.6. The van der Waals surface area contributed by atoms with Crippen LogP contribution in [0.2, 0.25) is 0 Å². The Morgan fingerprint density at radius 1 is 1.53 bits per heavy atom. The van der Waals surface area contributed by atoms with E-state index in [4.69, 9.17) is 4.52 Å². The van der Waals surface area contributed by atoms with Crippen molar-refractivity contribution in [2.24, 2.45) is 0 Å². The molecule has 1 N–H and O–H groups in total. The van der Waals surface area contributed by atoms with Crippen LogP contribution in [0.15, 0.2) is 27.9 Å². The van der Waals surface area contributed by atoms with E-state index in [-0.39, 0.29) is 11.1 Å². The Hall–Kier alpha value is -1.67. The topological polar surface area (TPSA) is 92.1 Å². The van der Waals surface area contributed by atoms with Gasteiger partial charge in [0.25, 0.3) is 10.0 Å². The van der Waals surface area contributed by atoms with E-state index in [0.29, 0.717) is 12.3 Å². The summed E-state index contributed by atoms with van der Waals surface area (Å²) in [6.07, 6.45) is 2.97. The lowest BCUT2D eigenvalue weighted by Crippen LogP contribution is -2.30. The number of nitrogens with zero attached hydrogens (tertiary/aromatic N) is 3. The van der Waals surface area contributed by atoms with Gasteiger partial charge in [-0.15, -0.1) is 0 Å². The van der Waals surface area contributed by atoms with Crippen molar-refractivity contribution >= 4 is 10.0 Å². The summed E-state index contributed by atoms with van der Waals surface area (Å²) in [5.74, 6) is 0.595. The zero-order chi connectivity index (χ0) is 13.5. The van der Waals surface area contributed by atoms with E-state index in [1.54, 1.807) is 6.07 Å². The lowest BCUT2D eigenvalue weighted by molar-refractivity contribution is 0.296. The quantitative estimate of drug-likeness (QED) is 0.914. The highest BCUT2D eigenvalue weighted by Gasteiger charge is 2.38. The van der Waals surface area contributed by atoms with Crippen molar-refractivity contribution in [3.63, 3.8) is 0 Å². The van der Waals surface area contributed by atoms with Gasteiger partial charge >= 0.3 is 0 Å². The molecule has 7 nitrogen and oxygen atoms in total. The summed E-state index contributed by atoms with van der Waals surface area (Å²) in [5, 5.41) is 10.1. The van der Waals surface area contributed by atoms with Gasteiger partial charge in [-0.1, -0.05) is 5.16 Å². The second-order valence-corrected chi connectivity index (χ2v) is 6.42. The van der Waals surface area contributed by atoms with Gasteiger partial charge in [-0.05, 0) is 25.8 Å². The average Bonchev–Trinajstić information content (AvgIpc) is 3.10. The highest BCUT2D eigenvalue weighted by molar-refractivity contribution is 7.89. The summed E-state index contributed by atoms with van der Waals surface area (Å²) in [6, 6.07) is 2.96. The third kappa shape index (κ3) is 2.06. The van der Waals surface area contributed by atoms with Gasteiger partial charge < -0.3 is 4.52 Å². The van der Waals surface area contributed by atoms with E-state index < -0.39 is 10.0 Å². The minimum atomic E-state index is -3.56. The summed E-state index contributed by atoms with van der Waals surface area (Å²) in [4.78, 5) is 0. The Labute approximate surface area is 110 Å². The largest absolute Gasteiger partial charge is 0.359 e. The lowest BCUT2D eigenvalue weighted by Gasteiger charge is -2.20. The molecule has 0 radical (unpaired) electrons. The standard InChI is InChI=1S/C11H14N4O3S/c1-8-7-10(18-14-8)9-3-2-6-15(9)19(16,17)11-4-5-12-13-11/h4-5,7,9H,2-3,6H2,1H3,(H,12,13). The van der Waals surface area contributed by atoms with Gasteiger partial charge in [-0.3, -0.25) is 5.10 Å². The van der Waals surface area contributed by atoms with Gasteiger partial charge in [-0.25, -0.2) is 8.42 Å². The van der Waals surface area contributed by atoms with Gasteiger partial charge in [-0.2, -0.15) is 9.40 Å². The van der Waals surface area contributed by atoms with Gasteiger partial charge in [0.2, 0.25) is 0 Å². The second-order valence-electron chi connectivity index (χ2n) is 4.57. The first-order chi connectivity index (χ1) is 9.09. The summed E-state index contributed by atoms with van der Waals surface area (Å²) >= 11 is 0. The summed E-state index contributed by atoms with van der Waals surface area (Å²) in [7, 11) is -3.56. The van der Waals surface area contributed by atoms with E-state index >= 15 is 0 Å². The number of aromatic amines is 1. The number of rotatable bonds is 3. The van der Waals surface area contributed by atoms with Crippen LogP contribution in [0.5, 0.6) is 0 Å². The molecule has 1 unspecified atom stereocenters. The van der Waals surface area contributed by atoms with Crippen molar-refractivity contribution in [1.29, 1.82) is 0 Å². The van der Waals surface area contributed by atoms with Crippen LogP contribution in [-0.4, -0.2) is 34.6 Å². The molecule has 0 amide bonds. The van der Waals surface area contributed by atoms with Crippen LogP contribution in [0.25, 0.3) is 0 Å². The van der Waals surface area contributed by atoms with Crippen molar-refractivity contribution in [2.45, 2.75) is 30.8 Å². The normalized spacial score (nSPS) is 21.0. The molecule has 1 saturated heterocycles. The van der Waals surface area contributed by atoms with E-state index in [1.807, 2.05) is 6.92 Å². The third-order valence-corrected chi connectivity index (χ3v) is 5.08. The highest BCUT2D eigenvalue weighted by Crippen LogP contribution is 2.36. The first kappa shape index (κ1) is 12.4. The molecule has 8 heteroatoms. The molecule has 102 valence electrons. The van der Waals surface area contributed by atoms with Crippen LogP contribution in [0.3, 0.4) is 0 Å². The van der Waals surface area contributed by atoms with E-state index in [9.17, 15) is 8.42 Å². The second kappa shape index (κ2) is 4.46. The van der Waals surface area contributed by atoms with Crippen LogP contribution >= 0.6 is 0 Å². The molecule has 0 saturated carbocycles. The fraction of sp³-hybridized carbons (Fsp3) is 0.455. The molecule has 0 aliphatic carbocycles. The van der Waals surface area contributed by atoms with Crippen molar-refractivity contribution in [3.8, 4) is 0 Å². The van der Waals surface area contributed by atoms with Crippen LogP contribution in [0, 0.1) is 6.92 Å². The zero-order valence-electron chi connectivity index (χ0n) is 10.4. The Kier molecular flexibility index (Phi) is 2.90. The Morgan fingerprint density at radius 2 is 2.37 bits per heavy atom. The van der Waals surface area contributed by atoms with Crippen molar-refractivity contribution in [1.82, 2.24) is 19.7 Å². The molecule has 0 spiro atoms. The third-order valence-electron chi connectivity index (χ3n) is 3.24. The van der Waals surface area contributed by atoms with Crippen molar-refractivity contribution in [3.05, 3.63) is 29.8 Å². The minimum absolute atomic E-state index is 0.107. The fourth-order valence-electron chi connectivity index (χ4n) is 2.37. The molecule has 2 aromatic rings. The van der Waals surface area contributed by atoms with E-state index in [1.165, 1.54) is 16.6 Å². The van der Waals surface area contributed by atoms with Gasteiger partial charge in [0.05, 0.1) is 17.9 Å². The van der Waals surface area contributed by atoms with Gasteiger partial charge in [0.1, 0.15) is 0 Å². The van der Waals surface area contributed by atoms with Gasteiger partial charge in [0, 0.05) is 12.6 Å². The Morgan fingerprint density at radius 3 is 3.00 bits per heavy atom. The van der Waals surface area contributed by atoms with E-state index in [0.717, 1.165) is 18.5 Å². The number of nitrogens with one attached hydrogen (secondary N) is 1. The Bertz CT molecular complexity index is 662. The number of hydrogen-bond donors (Lipinski definition) is 1. The smallest absolute Gasteiger partial charge is 0.260 e. The SMILES string of the molecule is Cc1cc(C2CCCN2S(=O)(=O)c2ccn[nH]2)on1. The van der Waals surface area contributed by atoms with E-state index in [2.05, 4.69) is 15.4 Å². The average molecular weight is 282 g/mol.